The molecule has 6 heteroatoms. The standard InChI is InChI=1S/C8H8BrF2N3/c1-13-8(12)14-7-3-5(10)4(9)2-6(7)11/h2-3H,1H3,(H3,12,13,14). The Morgan fingerprint density at radius 1 is 1.43 bits per heavy atom. The monoisotopic (exact) mass is 263 g/mol. The van der Waals surface area contributed by atoms with E-state index in [1.165, 1.54) is 7.05 Å². The molecule has 14 heavy (non-hydrogen) atoms. The molecule has 0 aliphatic carbocycles. The first kappa shape index (κ1) is 10.9. The summed E-state index contributed by atoms with van der Waals surface area (Å²) in [5.41, 5.74) is 5.25. The highest BCUT2D eigenvalue weighted by molar-refractivity contribution is 9.10. The Morgan fingerprint density at radius 3 is 2.64 bits per heavy atom. The van der Waals surface area contributed by atoms with E-state index >= 15 is 0 Å². The molecular weight excluding hydrogens is 256 g/mol. The van der Waals surface area contributed by atoms with E-state index < -0.39 is 11.6 Å². The fraction of sp³-hybridized carbons (Fsp3) is 0.125. The minimum Gasteiger partial charge on any atom is -0.370 e. The van der Waals surface area contributed by atoms with Gasteiger partial charge in [-0.15, -0.1) is 0 Å². The van der Waals surface area contributed by atoms with Gasteiger partial charge in [0.05, 0.1) is 10.2 Å². The molecule has 0 saturated carbocycles. The number of benzene rings is 1. The Morgan fingerprint density at radius 2 is 2.07 bits per heavy atom. The molecule has 0 spiro atoms. The van der Waals surface area contributed by atoms with Crippen molar-refractivity contribution in [3.8, 4) is 0 Å². The van der Waals surface area contributed by atoms with Crippen LogP contribution in [0.25, 0.3) is 0 Å². The summed E-state index contributed by atoms with van der Waals surface area (Å²) in [7, 11) is 1.44. The number of hydrogen-bond donors (Lipinski definition) is 2. The molecule has 0 saturated heterocycles. The van der Waals surface area contributed by atoms with E-state index in [1.54, 1.807) is 0 Å². The van der Waals surface area contributed by atoms with Crippen LogP contribution in [-0.4, -0.2) is 13.0 Å². The van der Waals surface area contributed by atoms with Crippen LogP contribution in [0.2, 0.25) is 0 Å². The molecule has 3 nitrogen and oxygen atoms in total. The zero-order valence-electron chi connectivity index (χ0n) is 7.31. The maximum atomic E-state index is 13.2. The molecule has 0 bridgehead atoms. The number of anilines is 1. The predicted octanol–water partition coefficient (Wildman–Crippen LogP) is 2.08. The molecule has 1 aromatic rings. The van der Waals surface area contributed by atoms with Crippen LogP contribution in [0.4, 0.5) is 14.5 Å². The first-order valence-corrected chi connectivity index (χ1v) is 4.47. The van der Waals surface area contributed by atoms with Crippen molar-refractivity contribution in [1.29, 1.82) is 0 Å². The Labute approximate surface area is 88.1 Å². The predicted molar refractivity (Wildman–Crippen MR) is 55.2 cm³/mol. The van der Waals surface area contributed by atoms with Gasteiger partial charge < -0.3 is 11.1 Å². The van der Waals surface area contributed by atoms with Gasteiger partial charge in [0.1, 0.15) is 11.6 Å². The van der Waals surface area contributed by atoms with E-state index in [0.29, 0.717) is 0 Å². The molecular formula is C8H8BrF2N3. The Kier molecular flexibility index (Phi) is 3.40. The lowest BCUT2D eigenvalue weighted by Crippen LogP contribution is -2.22. The third-order valence-electron chi connectivity index (χ3n) is 1.51. The van der Waals surface area contributed by atoms with Gasteiger partial charge in [0, 0.05) is 13.1 Å². The van der Waals surface area contributed by atoms with Crippen molar-refractivity contribution in [2.45, 2.75) is 0 Å². The lowest BCUT2D eigenvalue weighted by molar-refractivity contribution is 0.598. The number of hydrogen-bond acceptors (Lipinski definition) is 1. The van der Waals surface area contributed by atoms with E-state index in [0.717, 1.165) is 12.1 Å². The summed E-state index contributed by atoms with van der Waals surface area (Å²) in [6.45, 7) is 0. The van der Waals surface area contributed by atoms with Crippen molar-refractivity contribution in [2.24, 2.45) is 10.7 Å². The van der Waals surface area contributed by atoms with Crippen molar-refractivity contribution < 1.29 is 8.78 Å². The summed E-state index contributed by atoms with van der Waals surface area (Å²) < 4.78 is 26.2. The molecule has 0 fully saturated rings. The number of nitrogens with two attached hydrogens (primary N) is 1. The van der Waals surface area contributed by atoms with Crippen LogP contribution < -0.4 is 11.1 Å². The van der Waals surface area contributed by atoms with Crippen molar-refractivity contribution in [1.82, 2.24) is 0 Å². The highest BCUT2D eigenvalue weighted by Gasteiger charge is 2.08. The Balaban J connectivity index is 3.04. The molecule has 0 amide bonds. The van der Waals surface area contributed by atoms with Gasteiger partial charge in [0.2, 0.25) is 0 Å². The lowest BCUT2D eigenvalue weighted by Gasteiger charge is -2.06. The average molecular weight is 264 g/mol. The first-order valence-electron chi connectivity index (χ1n) is 3.68. The van der Waals surface area contributed by atoms with Crippen LogP contribution >= 0.6 is 15.9 Å². The van der Waals surface area contributed by atoms with Gasteiger partial charge in [-0.1, -0.05) is 0 Å². The highest BCUT2D eigenvalue weighted by atomic mass is 79.9. The summed E-state index contributed by atoms with van der Waals surface area (Å²) in [5, 5.41) is 2.42. The van der Waals surface area contributed by atoms with Crippen LogP contribution in [0.1, 0.15) is 0 Å². The topological polar surface area (TPSA) is 50.4 Å². The second-order valence-electron chi connectivity index (χ2n) is 2.48. The van der Waals surface area contributed by atoms with E-state index in [2.05, 4.69) is 26.2 Å². The van der Waals surface area contributed by atoms with Crippen molar-refractivity contribution in [2.75, 3.05) is 12.4 Å². The van der Waals surface area contributed by atoms with Crippen molar-refractivity contribution in [3.05, 3.63) is 28.2 Å². The van der Waals surface area contributed by atoms with E-state index in [1.807, 2.05) is 0 Å². The van der Waals surface area contributed by atoms with Crippen LogP contribution in [-0.2, 0) is 0 Å². The highest BCUT2D eigenvalue weighted by Crippen LogP contribution is 2.22. The summed E-state index contributed by atoms with van der Waals surface area (Å²) in [6, 6.07) is 2.01. The summed E-state index contributed by atoms with van der Waals surface area (Å²) >= 11 is 2.86. The Bertz CT molecular complexity index is 379. The molecule has 0 heterocycles. The number of nitrogens with zero attached hydrogens (tertiary/aromatic N) is 1. The van der Waals surface area contributed by atoms with E-state index in [-0.39, 0.29) is 16.1 Å². The van der Waals surface area contributed by atoms with Gasteiger partial charge in [0.15, 0.2) is 5.96 Å². The second-order valence-corrected chi connectivity index (χ2v) is 3.33. The molecule has 1 aromatic carbocycles. The third-order valence-corrected chi connectivity index (χ3v) is 2.12. The van der Waals surface area contributed by atoms with Crippen LogP contribution in [0.5, 0.6) is 0 Å². The van der Waals surface area contributed by atoms with E-state index in [4.69, 9.17) is 5.73 Å². The summed E-state index contributed by atoms with van der Waals surface area (Å²) in [4.78, 5) is 3.56. The molecule has 0 aliphatic rings. The number of guanidine groups is 1. The van der Waals surface area contributed by atoms with Gasteiger partial charge in [-0.3, -0.25) is 4.99 Å². The quantitative estimate of drug-likeness (QED) is 0.463. The molecule has 0 aromatic heterocycles. The SMILES string of the molecule is CN=C(N)Nc1cc(F)c(Br)cc1F. The normalized spacial score (nSPS) is 11.6. The number of nitrogens with one attached hydrogen (secondary N) is 1. The Hall–Kier alpha value is -1.17. The first-order chi connectivity index (χ1) is 6.54. The molecule has 0 atom stereocenters. The number of aliphatic imine (C=N–C) groups is 1. The smallest absolute Gasteiger partial charge is 0.192 e. The van der Waals surface area contributed by atoms with Crippen molar-refractivity contribution >= 4 is 27.6 Å². The minimum absolute atomic E-state index is 0.0191. The molecule has 0 unspecified atom stereocenters. The number of halogens is 3. The fourth-order valence-corrected chi connectivity index (χ4v) is 1.13. The zero-order valence-corrected chi connectivity index (χ0v) is 8.90. The van der Waals surface area contributed by atoms with Crippen LogP contribution in [0.3, 0.4) is 0 Å². The minimum atomic E-state index is -0.607. The maximum absolute atomic E-state index is 13.2. The second kappa shape index (κ2) is 4.36. The molecule has 3 N–H and O–H groups in total. The summed E-state index contributed by atoms with van der Waals surface area (Å²) in [5.74, 6) is -1.16. The van der Waals surface area contributed by atoms with Gasteiger partial charge in [-0.05, 0) is 22.0 Å². The van der Waals surface area contributed by atoms with Crippen molar-refractivity contribution in [3.63, 3.8) is 0 Å². The number of rotatable bonds is 1. The maximum Gasteiger partial charge on any atom is 0.192 e. The van der Waals surface area contributed by atoms with Gasteiger partial charge in [0.25, 0.3) is 0 Å². The third kappa shape index (κ3) is 2.41. The fourth-order valence-electron chi connectivity index (χ4n) is 0.812. The lowest BCUT2D eigenvalue weighted by atomic mass is 10.3. The molecule has 1 rings (SSSR count). The van der Waals surface area contributed by atoms with Crippen LogP contribution in [0, 0.1) is 11.6 Å². The van der Waals surface area contributed by atoms with Gasteiger partial charge >= 0.3 is 0 Å². The van der Waals surface area contributed by atoms with Gasteiger partial charge in [-0.25, -0.2) is 8.78 Å². The molecule has 0 radical (unpaired) electrons. The van der Waals surface area contributed by atoms with E-state index in [9.17, 15) is 8.78 Å². The molecule has 0 aliphatic heterocycles. The van der Waals surface area contributed by atoms with Gasteiger partial charge in [-0.2, -0.15) is 0 Å². The largest absolute Gasteiger partial charge is 0.370 e. The van der Waals surface area contributed by atoms with Crippen LogP contribution in [0.15, 0.2) is 21.6 Å². The summed E-state index contributed by atoms with van der Waals surface area (Å²) in [6.07, 6.45) is 0. The molecule has 76 valence electrons. The zero-order chi connectivity index (χ0) is 10.7. The average Bonchev–Trinajstić information content (AvgIpc) is 2.14.